The van der Waals surface area contributed by atoms with Crippen molar-refractivity contribution in [3.05, 3.63) is 29.8 Å². The first kappa shape index (κ1) is 19.6. The molecule has 1 fully saturated rings. The van der Waals surface area contributed by atoms with E-state index < -0.39 is 17.6 Å². The van der Waals surface area contributed by atoms with Crippen LogP contribution in [0.25, 0.3) is 0 Å². The van der Waals surface area contributed by atoms with Gasteiger partial charge in [-0.3, -0.25) is 10.2 Å². The smallest absolute Gasteiger partial charge is 0.405 e. The number of alkyl halides is 3. The van der Waals surface area contributed by atoms with Crippen LogP contribution in [0.1, 0.15) is 38.7 Å². The molecule has 0 aromatic heterocycles. The maximum absolute atomic E-state index is 13.4. The number of para-hydroxylation sites is 1. The number of benzene rings is 1. The number of ether oxygens (including phenoxy) is 1. The number of hydrogen-bond acceptors (Lipinski definition) is 3. The first-order valence-corrected chi connectivity index (χ1v) is 8.41. The fourth-order valence-corrected chi connectivity index (χ4v) is 3.07. The molecule has 7 heteroatoms. The quantitative estimate of drug-likeness (QED) is 0.756. The standard InChI is InChI=1S/C18H25F3N2O2/c1-17(2)12-23(22-16(17)24)15(18(19,20)21)11-7-5-9-13-8-4-6-10-14(13)25-3/h4,6,8,10,15H,5,7,9,11-12H2,1-3H3,(H,22,24)/t15-/m0/s1. The van der Waals surface area contributed by atoms with Crippen LogP contribution in [0, 0.1) is 5.41 Å². The molecule has 0 bridgehead atoms. The van der Waals surface area contributed by atoms with Crippen molar-refractivity contribution in [1.82, 2.24) is 10.4 Å². The van der Waals surface area contributed by atoms with Crippen LogP contribution in [-0.4, -0.2) is 36.8 Å². The molecule has 1 aliphatic heterocycles. The largest absolute Gasteiger partial charge is 0.496 e. The molecule has 140 valence electrons. The summed E-state index contributed by atoms with van der Waals surface area (Å²) in [7, 11) is 1.58. The number of halogens is 3. The van der Waals surface area contributed by atoms with Crippen molar-refractivity contribution < 1.29 is 22.7 Å². The van der Waals surface area contributed by atoms with Gasteiger partial charge in [0.2, 0.25) is 5.91 Å². The summed E-state index contributed by atoms with van der Waals surface area (Å²) in [5, 5.41) is 1.05. The van der Waals surface area contributed by atoms with Gasteiger partial charge in [0, 0.05) is 6.54 Å². The summed E-state index contributed by atoms with van der Waals surface area (Å²) in [5.74, 6) is 0.388. The fraction of sp³-hybridized carbons (Fsp3) is 0.611. The number of amides is 1. The average molecular weight is 358 g/mol. The molecule has 0 radical (unpaired) electrons. The lowest BCUT2D eigenvalue weighted by molar-refractivity contribution is -0.190. The van der Waals surface area contributed by atoms with Crippen molar-refractivity contribution in [2.75, 3.05) is 13.7 Å². The van der Waals surface area contributed by atoms with Gasteiger partial charge in [-0.15, -0.1) is 0 Å². The van der Waals surface area contributed by atoms with Crippen molar-refractivity contribution >= 4 is 5.91 Å². The Morgan fingerprint density at radius 2 is 1.96 bits per heavy atom. The van der Waals surface area contributed by atoms with Crippen molar-refractivity contribution in [1.29, 1.82) is 0 Å². The second kappa shape index (κ2) is 7.64. The zero-order chi connectivity index (χ0) is 18.7. The van der Waals surface area contributed by atoms with Gasteiger partial charge in [0.15, 0.2) is 0 Å². The second-order valence-corrected chi connectivity index (χ2v) is 7.07. The minimum Gasteiger partial charge on any atom is -0.496 e. The van der Waals surface area contributed by atoms with Crippen molar-refractivity contribution in [2.24, 2.45) is 5.41 Å². The molecule has 25 heavy (non-hydrogen) atoms. The van der Waals surface area contributed by atoms with Gasteiger partial charge in [0.1, 0.15) is 11.8 Å². The number of aryl methyl sites for hydroxylation is 1. The molecular weight excluding hydrogens is 333 g/mol. The van der Waals surface area contributed by atoms with Gasteiger partial charge < -0.3 is 4.74 Å². The summed E-state index contributed by atoms with van der Waals surface area (Å²) < 4.78 is 45.5. The number of hydrazine groups is 1. The Bertz CT molecular complexity index is 602. The Morgan fingerprint density at radius 1 is 1.28 bits per heavy atom. The van der Waals surface area contributed by atoms with Crippen LogP contribution >= 0.6 is 0 Å². The predicted octanol–water partition coefficient (Wildman–Crippen LogP) is 3.71. The number of nitrogens with one attached hydrogen (secondary N) is 1. The number of unbranched alkanes of at least 4 members (excludes halogenated alkanes) is 1. The van der Waals surface area contributed by atoms with Gasteiger partial charge in [-0.05, 0) is 44.7 Å². The number of carbonyl (C=O) groups is 1. The molecule has 0 unspecified atom stereocenters. The normalized spacial score (nSPS) is 18.9. The van der Waals surface area contributed by atoms with E-state index in [4.69, 9.17) is 4.74 Å². The van der Waals surface area contributed by atoms with E-state index in [2.05, 4.69) is 5.43 Å². The molecule has 1 saturated heterocycles. The minimum absolute atomic E-state index is 0.0466. The summed E-state index contributed by atoms with van der Waals surface area (Å²) in [4.78, 5) is 11.8. The maximum Gasteiger partial charge on any atom is 0.405 e. The van der Waals surface area contributed by atoms with E-state index in [0.717, 1.165) is 16.3 Å². The van der Waals surface area contributed by atoms with Crippen molar-refractivity contribution in [3.63, 3.8) is 0 Å². The van der Waals surface area contributed by atoms with Crippen LogP contribution in [0.3, 0.4) is 0 Å². The molecule has 1 heterocycles. The van der Waals surface area contributed by atoms with Crippen LogP contribution in [-0.2, 0) is 11.2 Å². The summed E-state index contributed by atoms with van der Waals surface area (Å²) in [6.07, 6.45) is -2.73. The summed E-state index contributed by atoms with van der Waals surface area (Å²) in [6, 6.07) is 5.85. The molecule has 1 atom stereocenters. The van der Waals surface area contributed by atoms with Crippen molar-refractivity contribution in [3.8, 4) is 5.75 Å². The Labute approximate surface area is 146 Å². The van der Waals surface area contributed by atoms with E-state index in [1.807, 2.05) is 24.3 Å². The summed E-state index contributed by atoms with van der Waals surface area (Å²) in [5.41, 5.74) is 2.57. The third kappa shape index (κ3) is 4.87. The van der Waals surface area contributed by atoms with Gasteiger partial charge >= 0.3 is 6.18 Å². The minimum atomic E-state index is -4.38. The number of nitrogens with zero attached hydrogens (tertiary/aromatic N) is 1. The molecule has 0 spiro atoms. The molecule has 1 aromatic carbocycles. The van der Waals surface area contributed by atoms with E-state index in [1.54, 1.807) is 21.0 Å². The number of carbonyl (C=O) groups excluding carboxylic acids is 1. The monoisotopic (exact) mass is 358 g/mol. The maximum atomic E-state index is 13.4. The fourth-order valence-electron chi connectivity index (χ4n) is 3.07. The first-order chi connectivity index (χ1) is 11.6. The van der Waals surface area contributed by atoms with Gasteiger partial charge in [-0.1, -0.05) is 24.6 Å². The Kier molecular flexibility index (Phi) is 5.98. The van der Waals surface area contributed by atoms with Crippen LogP contribution in [0.15, 0.2) is 24.3 Å². The Morgan fingerprint density at radius 3 is 2.52 bits per heavy atom. The molecule has 1 aliphatic rings. The Balaban J connectivity index is 1.92. The van der Waals surface area contributed by atoms with Gasteiger partial charge in [0.25, 0.3) is 0 Å². The SMILES string of the molecule is COc1ccccc1CCCC[C@H](N1CC(C)(C)C(=O)N1)C(F)(F)F. The van der Waals surface area contributed by atoms with Gasteiger partial charge in [0.05, 0.1) is 12.5 Å². The van der Waals surface area contributed by atoms with Crippen LogP contribution in [0.4, 0.5) is 13.2 Å². The molecule has 0 saturated carbocycles. The molecule has 4 nitrogen and oxygen atoms in total. The summed E-state index contributed by atoms with van der Waals surface area (Å²) in [6.45, 7) is 3.36. The molecule has 0 aliphatic carbocycles. The van der Waals surface area contributed by atoms with E-state index in [-0.39, 0.29) is 18.9 Å². The predicted molar refractivity (Wildman–Crippen MR) is 89.0 cm³/mol. The van der Waals surface area contributed by atoms with Gasteiger partial charge in [-0.25, -0.2) is 5.01 Å². The second-order valence-electron chi connectivity index (χ2n) is 7.07. The third-order valence-electron chi connectivity index (χ3n) is 4.55. The third-order valence-corrected chi connectivity index (χ3v) is 4.55. The highest BCUT2D eigenvalue weighted by Crippen LogP contribution is 2.33. The van der Waals surface area contributed by atoms with E-state index in [0.29, 0.717) is 19.3 Å². The zero-order valence-electron chi connectivity index (χ0n) is 14.8. The highest BCUT2D eigenvalue weighted by Gasteiger charge is 2.49. The zero-order valence-corrected chi connectivity index (χ0v) is 14.8. The van der Waals surface area contributed by atoms with Crippen LogP contribution < -0.4 is 10.2 Å². The summed E-state index contributed by atoms with van der Waals surface area (Å²) >= 11 is 0. The number of methoxy groups -OCH3 is 1. The van der Waals surface area contributed by atoms with E-state index in [1.165, 1.54) is 0 Å². The topological polar surface area (TPSA) is 41.6 Å². The average Bonchev–Trinajstić information content (AvgIpc) is 2.79. The van der Waals surface area contributed by atoms with Crippen LogP contribution in [0.2, 0.25) is 0 Å². The van der Waals surface area contributed by atoms with Crippen LogP contribution in [0.5, 0.6) is 5.75 Å². The van der Waals surface area contributed by atoms with E-state index >= 15 is 0 Å². The molecule has 1 aromatic rings. The highest BCUT2D eigenvalue weighted by molar-refractivity contribution is 5.83. The lowest BCUT2D eigenvalue weighted by Crippen LogP contribution is -2.49. The number of hydrogen-bond donors (Lipinski definition) is 1. The molecular formula is C18H25F3N2O2. The lowest BCUT2D eigenvalue weighted by Gasteiger charge is -2.29. The van der Waals surface area contributed by atoms with Crippen molar-refractivity contribution in [2.45, 2.75) is 51.7 Å². The molecule has 1 amide bonds. The molecule has 1 N–H and O–H groups in total. The highest BCUT2D eigenvalue weighted by atomic mass is 19.4. The molecule has 2 rings (SSSR count). The van der Waals surface area contributed by atoms with Gasteiger partial charge in [-0.2, -0.15) is 13.2 Å². The first-order valence-electron chi connectivity index (χ1n) is 8.41. The number of rotatable bonds is 7. The lowest BCUT2D eigenvalue weighted by atomic mass is 9.94. The Hall–Kier alpha value is -1.76. The van der Waals surface area contributed by atoms with E-state index in [9.17, 15) is 18.0 Å².